The zero-order chi connectivity index (χ0) is 17.8. The number of nitrogens with zero attached hydrogens (tertiary/aromatic N) is 3. The minimum absolute atomic E-state index is 0.571. The maximum absolute atomic E-state index is 5.29. The van der Waals surface area contributed by atoms with Crippen LogP contribution in [0.25, 0.3) is 11.3 Å². The highest BCUT2D eigenvalue weighted by atomic mass is 16.5. The second-order valence-electron chi connectivity index (χ2n) is 7.48. The number of likely N-dealkylation sites (tertiary alicyclic amines) is 1. The molecule has 2 fully saturated rings. The molecule has 0 bridgehead atoms. The molecule has 0 unspecified atom stereocenters. The Morgan fingerprint density at radius 2 is 1.81 bits per heavy atom. The van der Waals surface area contributed by atoms with E-state index in [0.717, 1.165) is 37.6 Å². The second kappa shape index (κ2) is 8.23. The van der Waals surface area contributed by atoms with Gasteiger partial charge in [-0.25, -0.2) is 4.98 Å². The van der Waals surface area contributed by atoms with Crippen molar-refractivity contribution in [1.82, 2.24) is 19.8 Å². The molecule has 0 radical (unpaired) electrons. The number of nitrogens with one attached hydrogen (secondary N) is 1. The van der Waals surface area contributed by atoms with Gasteiger partial charge in [0.1, 0.15) is 11.6 Å². The van der Waals surface area contributed by atoms with E-state index in [2.05, 4.69) is 33.1 Å². The van der Waals surface area contributed by atoms with Crippen molar-refractivity contribution in [3.63, 3.8) is 0 Å². The molecule has 140 valence electrons. The van der Waals surface area contributed by atoms with E-state index in [4.69, 9.17) is 9.72 Å². The molecule has 5 heteroatoms. The van der Waals surface area contributed by atoms with Crippen molar-refractivity contribution in [3.8, 4) is 17.0 Å². The minimum atomic E-state index is 0.571. The summed E-state index contributed by atoms with van der Waals surface area (Å²) >= 11 is 0. The summed E-state index contributed by atoms with van der Waals surface area (Å²) in [5, 5.41) is 3.47. The van der Waals surface area contributed by atoms with Gasteiger partial charge in [-0.3, -0.25) is 0 Å². The summed E-state index contributed by atoms with van der Waals surface area (Å²) in [5.41, 5.74) is 2.25. The van der Waals surface area contributed by atoms with E-state index in [1.165, 1.54) is 50.2 Å². The zero-order valence-corrected chi connectivity index (χ0v) is 15.8. The number of hydrogen-bond donors (Lipinski definition) is 1. The lowest BCUT2D eigenvalue weighted by Gasteiger charge is -2.24. The molecule has 5 nitrogen and oxygen atoms in total. The standard InChI is InChI=1S/C21H30N4O/c1-26-19-6-4-17(5-7-19)20-16-25(15-14-24-12-2-3-13-24)21(23-20)18-8-10-22-11-9-18/h4-7,16,18,22H,2-3,8-15H2,1H3. The lowest BCUT2D eigenvalue weighted by Crippen LogP contribution is -2.29. The van der Waals surface area contributed by atoms with Gasteiger partial charge >= 0.3 is 0 Å². The van der Waals surface area contributed by atoms with Crippen molar-refractivity contribution in [2.24, 2.45) is 0 Å². The highest BCUT2D eigenvalue weighted by molar-refractivity contribution is 5.59. The van der Waals surface area contributed by atoms with Crippen molar-refractivity contribution in [2.75, 3.05) is 39.8 Å². The zero-order valence-electron chi connectivity index (χ0n) is 15.8. The molecule has 0 aliphatic carbocycles. The molecule has 2 aromatic rings. The summed E-state index contributed by atoms with van der Waals surface area (Å²) in [6, 6.07) is 8.25. The molecular weight excluding hydrogens is 324 g/mol. The van der Waals surface area contributed by atoms with Crippen molar-refractivity contribution < 1.29 is 4.74 Å². The van der Waals surface area contributed by atoms with Gasteiger partial charge in [-0.15, -0.1) is 0 Å². The van der Waals surface area contributed by atoms with Gasteiger partial charge in [-0.05, 0) is 76.1 Å². The minimum Gasteiger partial charge on any atom is -0.497 e. The Morgan fingerprint density at radius 1 is 1.08 bits per heavy atom. The Morgan fingerprint density at radius 3 is 2.50 bits per heavy atom. The third-order valence-corrected chi connectivity index (χ3v) is 5.75. The molecule has 1 aromatic heterocycles. The third-order valence-electron chi connectivity index (χ3n) is 5.75. The van der Waals surface area contributed by atoms with Crippen LogP contribution in [0.4, 0.5) is 0 Å². The molecule has 2 aliphatic rings. The number of piperidine rings is 1. The molecule has 3 heterocycles. The first-order valence-corrected chi connectivity index (χ1v) is 9.98. The molecule has 1 aromatic carbocycles. The normalized spacial score (nSPS) is 19.1. The Bertz CT molecular complexity index is 697. The van der Waals surface area contributed by atoms with Gasteiger partial charge in [0.25, 0.3) is 0 Å². The molecule has 0 atom stereocenters. The maximum atomic E-state index is 5.29. The van der Waals surface area contributed by atoms with E-state index < -0.39 is 0 Å². The van der Waals surface area contributed by atoms with Crippen LogP contribution in [0.2, 0.25) is 0 Å². The monoisotopic (exact) mass is 354 g/mol. The van der Waals surface area contributed by atoms with Gasteiger partial charge in [0.05, 0.1) is 12.8 Å². The van der Waals surface area contributed by atoms with Crippen LogP contribution in [0.1, 0.15) is 37.4 Å². The van der Waals surface area contributed by atoms with Gasteiger partial charge in [0, 0.05) is 30.8 Å². The summed E-state index contributed by atoms with van der Waals surface area (Å²) in [6.07, 6.45) is 7.32. The van der Waals surface area contributed by atoms with Crippen molar-refractivity contribution in [1.29, 1.82) is 0 Å². The molecule has 4 rings (SSSR count). The molecule has 2 aliphatic heterocycles. The molecule has 0 saturated carbocycles. The highest BCUT2D eigenvalue weighted by Gasteiger charge is 2.22. The first-order valence-electron chi connectivity index (χ1n) is 9.98. The summed E-state index contributed by atoms with van der Waals surface area (Å²) in [5.74, 6) is 2.74. The molecule has 1 N–H and O–H groups in total. The van der Waals surface area contributed by atoms with E-state index >= 15 is 0 Å². The fraction of sp³-hybridized carbons (Fsp3) is 0.571. The quantitative estimate of drug-likeness (QED) is 0.865. The lowest BCUT2D eigenvalue weighted by atomic mass is 9.97. The average molecular weight is 354 g/mol. The van der Waals surface area contributed by atoms with Gasteiger partial charge in [-0.2, -0.15) is 0 Å². The van der Waals surface area contributed by atoms with Gasteiger partial charge in [-0.1, -0.05) is 0 Å². The number of hydrogen-bond acceptors (Lipinski definition) is 4. The highest BCUT2D eigenvalue weighted by Crippen LogP contribution is 2.29. The predicted molar refractivity (Wildman–Crippen MR) is 105 cm³/mol. The molecule has 2 saturated heterocycles. The van der Waals surface area contributed by atoms with E-state index in [1.54, 1.807) is 7.11 Å². The number of imidazole rings is 1. The first kappa shape index (κ1) is 17.6. The molecule has 26 heavy (non-hydrogen) atoms. The SMILES string of the molecule is COc1ccc(-c2cn(CCN3CCCC3)c(C3CCNCC3)n2)cc1. The first-order chi connectivity index (χ1) is 12.8. The third kappa shape index (κ3) is 3.94. The Hall–Kier alpha value is -1.85. The van der Waals surface area contributed by atoms with Crippen molar-refractivity contribution in [2.45, 2.75) is 38.1 Å². The Kier molecular flexibility index (Phi) is 5.56. The maximum Gasteiger partial charge on any atom is 0.118 e. The Labute approximate surface area is 156 Å². The van der Waals surface area contributed by atoms with E-state index in [1.807, 2.05) is 12.1 Å². The summed E-state index contributed by atoms with van der Waals surface area (Å²) in [6.45, 7) is 6.88. The van der Waals surface area contributed by atoms with Crippen LogP contribution < -0.4 is 10.1 Å². The van der Waals surface area contributed by atoms with E-state index in [-0.39, 0.29) is 0 Å². The van der Waals surface area contributed by atoms with Crippen LogP contribution >= 0.6 is 0 Å². The molecule has 0 spiro atoms. The fourth-order valence-corrected chi connectivity index (χ4v) is 4.17. The summed E-state index contributed by atoms with van der Waals surface area (Å²) in [4.78, 5) is 7.66. The van der Waals surface area contributed by atoms with Crippen LogP contribution in [0, 0.1) is 0 Å². The molecular formula is C21H30N4O. The second-order valence-corrected chi connectivity index (χ2v) is 7.48. The fourth-order valence-electron chi connectivity index (χ4n) is 4.17. The van der Waals surface area contributed by atoms with Crippen LogP contribution in [0.3, 0.4) is 0 Å². The summed E-state index contributed by atoms with van der Waals surface area (Å²) in [7, 11) is 1.71. The smallest absolute Gasteiger partial charge is 0.118 e. The van der Waals surface area contributed by atoms with Gasteiger partial charge in [0.15, 0.2) is 0 Å². The van der Waals surface area contributed by atoms with Gasteiger partial charge in [0.2, 0.25) is 0 Å². The van der Waals surface area contributed by atoms with E-state index in [9.17, 15) is 0 Å². The topological polar surface area (TPSA) is 42.3 Å². The summed E-state index contributed by atoms with van der Waals surface area (Å²) < 4.78 is 7.71. The van der Waals surface area contributed by atoms with Gasteiger partial charge < -0.3 is 19.5 Å². The van der Waals surface area contributed by atoms with Crippen molar-refractivity contribution >= 4 is 0 Å². The Balaban J connectivity index is 1.57. The van der Waals surface area contributed by atoms with Crippen molar-refractivity contribution in [3.05, 3.63) is 36.3 Å². The molecule has 0 amide bonds. The largest absolute Gasteiger partial charge is 0.497 e. The number of ether oxygens (including phenoxy) is 1. The lowest BCUT2D eigenvalue weighted by molar-refractivity contribution is 0.316. The van der Waals surface area contributed by atoms with Crippen LogP contribution in [0.5, 0.6) is 5.75 Å². The van der Waals surface area contributed by atoms with E-state index in [0.29, 0.717) is 5.92 Å². The van der Waals surface area contributed by atoms with Crippen LogP contribution in [-0.4, -0.2) is 54.3 Å². The predicted octanol–water partition coefficient (Wildman–Crippen LogP) is 3.12. The average Bonchev–Trinajstić information content (AvgIpc) is 3.37. The number of benzene rings is 1. The number of rotatable bonds is 6. The number of aromatic nitrogens is 2. The van der Waals surface area contributed by atoms with Crippen LogP contribution in [-0.2, 0) is 6.54 Å². The van der Waals surface area contributed by atoms with Crippen LogP contribution in [0.15, 0.2) is 30.5 Å². The number of methoxy groups -OCH3 is 1.